The van der Waals surface area contributed by atoms with Crippen molar-refractivity contribution in [1.29, 1.82) is 0 Å². The molecule has 1 heterocycles. The fourth-order valence-electron chi connectivity index (χ4n) is 7.23. The number of aliphatic hydroxyl groups is 5. The van der Waals surface area contributed by atoms with Crippen molar-refractivity contribution >= 4 is 5.91 Å². The van der Waals surface area contributed by atoms with Crippen LogP contribution in [-0.2, 0) is 25.4 Å². The van der Waals surface area contributed by atoms with E-state index in [1.165, 1.54) is 63.5 Å². The molecule has 12 heteroatoms. The molecule has 11 nitrogen and oxygen atoms in total. The number of halogens is 1. The maximum atomic E-state index is 13.1. The van der Waals surface area contributed by atoms with Gasteiger partial charge in [0, 0.05) is 13.0 Å². The first-order valence-corrected chi connectivity index (χ1v) is 22.2. The van der Waals surface area contributed by atoms with Crippen LogP contribution in [0.25, 0.3) is 0 Å². The van der Waals surface area contributed by atoms with E-state index in [-0.39, 0.29) is 31.4 Å². The Kier molecular flexibility index (Phi) is 28.9. The minimum atomic E-state index is -1.58. The standard InChI is InChI=1S/C44H79FN2O9/c1-2-3-4-5-6-7-8-9-10-11-14-19-24-37(48)40(50)36(47-39(49)25-20-15-12-13-18-23-34-26-28-35(45)29-27-34)32-55-44-43(53)42(52)41(51)38(56-44)33-54-31-22-17-16-21-30-46/h26-29,36-38,40-44,48,50-53H,2-25,30-33,46H2,1H3,(H,47,49)/t36-,37+,38?,40-,41?,42?,43?,44?/m0/s1. The second-order valence-electron chi connectivity index (χ2n) is 15.9. The van der Waals surface area contributed by atoms with Crippen LogP contribution in [0.2, 0.25) is 0 Å². The highest BCUT2D eigenvalue weighted by molar-refractivity contribution is 5.76. The normalized spacial score (nSPS) is 21.5. The van der Waals surface area contributed by atoms with E-state index in [9.17, 15) is 34.7 Å². The average molecular weight is 799 g/mol. The van der Waals surface area contributed by atoms with Gasteiger partial charge in [-0.15, -0.1) is 0 Å². The average Bonchev–Trinajstić information content (AvgIpc) is 3.19. The van der Waals surface area contributed by atoms with Crippen LogP contribution in [0.5, 0.6) is 0 Å². The predicted molar refractivity (Wildman–Crippen MR) is 218 cm³/mol. The summed E-state index contributed by atoms with van der Waals surface area (Å²) in [5.74, 6) is -0.532. The Morgan fingerprint density at radius 1 is 0.768 bits per heavy atom. The number of carbonyl (C=O) groups excluding carboxylic acids is 1. The summed E-state index contributed by atoms with van der Waals surface area (Å²) in [6, 6.07) is 5.55. The molecule has 0 spiro atoms. The van der Waals surface area contributed by atoms with E-state index in [2.05, 4.69) is 12.2 Å². The molecule has 56 heavy (non-hydrogen) atoms. The minimum absolute atomic E-state index is 0.0194. The van der Waals surface area contributed by atoms with Crippen LogP contribution in [0.4, 0.5) is 4.39 Å². The van der Waals surface area contributed by atoms with Gasteiger partial charge in [-0.1, -0.05) is 128 Å². The van der Waals surface area contributed by atoms with Gasteiger partial charge in [0.2, 0.25) is 5.91 Å². The fourth-order valence-corrected chi connectivity index (χ4v) is 7.23. The Bertz CT molecular complexity index is 1090. The lowest BCUT2D eigenvalue weighted by atomic mass is 9.98. The van der Waals surface area contributed by atoms with Crippen LogP contribution in [0.1, 0.15) is 160 Å². The SMILES string of the molecule is CCCCCCCCCCCCCC[C@@H](O)[C@@H](O)[C@H](COC1OC(COCCCCCCN)C(O)C(O)C1O)NC(=O)CCCCCCCc1ccc(F)cc1. The molecule has 0 saturated carbocycles. The number of ether oxygens (including phenoxy) is 3. The maximum absolute atomic E-state index is 13.1. The molecule has 326 valence electrons. The summed E-state index contributed by atoms with van der Waals surface area (Å²) in [6.45, 7) is 3.00. The molecule has 1 amide bonds. The van der Waals surface area contributed by atoms with Crippen molar-refractivity contribution in [3.05, 3.63) is 35.6 Å². The van der Waals surface area contributed by atoms with Crippen molar-refractivity contribution in [3.63, 3.8) is 0 Å². The molecule has 1 saturated heterocycles. The number of nitrogens with two attached hydrogens (primary N) is 1. The summed E-state index contributed by atoms with van der Waals surface area (Å²) in [5, 5.41) is 56.9. The minimum Gasteiger partial charge on any atom is -0.390 e. The second kappa shape index (κ2) is 32.2. The van der Waals surface area contributed by atoms with Crippen molar-refractivity contribution in [1.82, 2.24) is 5.32 Å². The van der Waals surface area contributed by atoms with Crippen LogP contribution in [-0.4, -0.2) is 107 Å². The summed E-state index contributed by atoms with van der Waals surface area (Å²) in [6.07, 6.45) is 14.5. The number of nitrogens with one attached hydrogen (secondary N) is 1. The number of unbranched alkanes of at least 4 members (excludes halogenated alkanes) is 18. The second-order valence-corrected chi connectivity index (χ2v) is 15.9. The van der Waals surface area contributed by atoms with E-state index in [0.717, 1.165) is 89.0 Å². The van der Waals surface area contributed by atoms with E-state index < -0.39 is 49.0 Å². The molecule has 1 aromatic rings. The molecule has 1 aliphatic rings. The molecule has 8 N–H and O–H groups in total. The summed E-state index contributed by atoms with van der Waals surface area (Å²) in [7, 11) is 0. The Morgan fingerprint density at radius 3 is 1.98 bits per heavy atom. The Morgan fingerprint density at radius 2 is 1.34 bits per heavy atom. The third-order valence-electron chi connectivity index (χ3n) is 10.9. The molecule has 2 rings (SSSR count). The van der Waals surface area contributed by atoms with Crippen molar-refractivity contribution in [2.24, 2.45) is 5.73 Å². The molecule has 0 aliphatic carbocycles. The highest BCUT2D eigenvalue weighted by Crippen LogP contribution is 2.24. The zero-order valence-electron chi connectivity index (χ0n) is 34.6. The smallest absolute Gasteiger partial charge is 0.220 e. The van der Waals surface area contributed by atoms with Gasteiger partial charge in [0.05, 0.1) is 25.4 Å². The Hall–Kier alpha value is -1.74. The Labute approximate surface area is 337 Å². The van der Waals surface area contributed by atoms with Crippen LogP contribution >= 0.6 is 0 Å². The van der Waals surface area contributed by atoms with Gasteiger partial charge in [0.15, 0.2) is 6.29 Å². The quantitative estimate of drug-likeness (QED) is 0.0381. The molecule has 0 radical (unpaired) electrons. The first kappa shape index (κ1) is 50.4. The number of carbonyl (C=O) groups is 1. The van der Waals surface area contributed by atoms with E-state index in [1.807, 2.05) is 0 Å². The number of amides is 1. The van der Waals surface area contributed by atoms with Gasteiger partial charge in [-0.2, -0.15) is 0 Å². The van der Waals surface area contributed by atoms with Gasteiger partial charge < -0.3 is 50.8 Å². The zero-order chi connectivity index (χ0) is 40.8. The molecule has 0 aromatic heterocycles. The third-order valence-corrected chi connectivity index (χ3v) is 10.9. The zero-order valence-corrected chi connectivity index (χ0v) is 34.6. The van der Waals surface area contributed by atoms with E-state index in [0.29, 0.717) is 26.0 Å². The number of benzene rings is 1. The number of aliphatic hydroxyl groups excluding tert-OH is 5. The van der Waals surface area contributed by atoms with Crippen LogP contribution in [0.15, 0.2) is 24.3 Å². The van der Waals surface area contributed by atoms with Gasteiger partial charge >= 0.3 is 0 Å². The van der Waals surface area contributed by atoms with Crippen molar-refractivity contribution in [2.75, 3.05) is 26.4 Å². The number of aryl methyl sites for hydroxylation is 1. The lowest BCUT2D eigenvalue weighted by Crippen LogP contribution is -2.60. The van der Waals surface area contributed by atoms with Gasteiger partial charge in [0.25, 0.3) is 0 Å². The molecule has 1 aromatic carbocycles. The molecular formula is C44H79FN2O9. The molecule has 1 fully saturated rings. The largest absolute Gasteiger partial charge is 0.390 e. The summed E-state index contributed by atoms with van der Waals surface area (Å²) in [4.78, 5) is 13.1. The fraction of sp³-hybridized carbons (Fsp3) is 0.841. The number of rotatable bonds is 35. The molecular weight excluding hydrogens is 719 g/mol. The maximum Gasteiger partial charge on any atom is 0.220 e. The van der Waals surface area contributed by atoms with Crippen LogP contribution in [0, 0.1) is 5.82 Å². The molecule has 8 atom stereocenters. The van der Waals surface area contributed by atoms with Gasteiger partial charge in [-0.05, 0) is 62.8 Å². The highest BCUT2D eigenvalue weighted by atomic mass is 19.1. The van der Waals surface area contributed by atoms with Crippen molar-refractivity contribution < 1.29 is 48.9 Å². The van der Waals surface area contributed by atoms with Crippen LogP contribution in [0.3, 0.4) is 0 Å². The molecule has 0 bridgehead atoms. The summed E-state index contributed by atoms with van der Waals surface area (Å²) < 4.78 is 30.5. The first-order valence-electron chi connectivity index (χ1n) is 22.2. The van der Waals surface area contributed by atoms with Gasteiger partial charge in [-0.25, -0.2) is 4.39 Å². The highest BCUT2D eigenvalue weighted by Gasteiger charge is 2.45. The Balaban J connectivity index is 1.84. The summed E-state index contributed by atoms with van der Waals surface area (Å²) in [5.41, 5.74) is 6.64. The van der Waals surface area contributed by atoms with Crippen molar-refractivity contribution in [3.8, 4) is 0 Å². The predicted octanol–water partition coefficient (Wildman–Crippen LogP) is 6.37. The first-order chi connectivity index (χ1) is 27.2. The van der Waals surface area contributed by atoms with Crippen molar-refractivity contribution in [2.45, 2.75) is 210 Å². The number of hydrogen-bond donors (Lipinski definition) is 7. The molecule has 5 unspecified atom stereocenters. The lowest BCUT2D eigenvalue weighted by molar-refractivity contribution is -0.304. The topological polar surface area (TPSA) is 184 Å². The monoisotopic (exact) mass is 799 g/mol. The van der Waals surface area contributed by atoms with E-state index >= 15 is 0 Å². The van der Waals surface area contributed by atoms with Crippen LogP contribution < -0.4 is 11.1 Å². The molecule has 1 aliphatic heterocycles. The number of hydrogen-bond acceptors (Lipinski definition) is 10. The van der Waals surface area contributed by atoms with Gasteiger partial charge in [0.1, 0.15) is 36.3 Å². The van der Waals surface area contributed by atoms with Gasteiger partial charge in [-0.3, -0.25) is 4.79 Å². The lowest BCUT2D eigenvalue weighted by Gasteiger charge is -2.40. The third kappa shape index (κ3) is 22.4. The van der Waals surface area contributed by atoms with E-state index in [1.54, 1.807) is 12.1 Å². The van der Waals surface area contributed by atoms with E-state index in [4.69, 9.17) is 19.9 Å². The summed E-state index contributed by atoms with van der Waals surface area (Å²) >= 11 is 0.